The van der Waals surface area contributed by atoms with Crippen molar-refractivity contribution in [3.8, 4) is 5.75 Å². The van der Waals surface area contributed by atoms with E-state index in [0.717, 1.165) is 24.3 Å². The molecule has 3 nitrogen and oxygen atoms in total. The van der Waals surface area contributed by atoms with Crippen LogP contribution in [0.4, 0.5) is 0 Å². The van der Waals surface area contributed by atoms with Gasteiger partial charge in [0, 0.05) is 13.0 Å². The number of hydrogen-bond donors (Lipinski definition) is 0. The minimum absolute atomic E-state index is 0.0208. The molecule has 0 saturated carbocycles. The van der Waals surface area contributed by atoms with Gasteiger partial charge in [-0.3, -0.25) is 4.79 Å². The Morgan fingerprint density at radius 3 is 2.68 bits per heavy atom. The molecule has 0 N–H and O–H groups in total. The monoisotopic (exact) mass is 295 g/mol. The lowest BCUT2D eigenvalue weighted by atomic mass is 9.87. The summed E-state index contributed by atoms with van der Waals surface area (Å²) < 4.78 is 5.38. The lowest BCUT2D eigenvalue weighted by molar-refractivity contribution is -0.132. The lowest BCUT2D eigenvalue weighted by Crippen LogP contribution is -2.40. The lowest BCUT2D eigenvalue weighted by Gasteiger charge is -2.38. The van der Waals surface area contributed by atoms with Crippen molar-refractivity contribution in [2.45, 2.75) is 25.8 Å². The van der Waals surface area contributed by atoms with Crippen molar-refractivity contribution in [3.05, 3.63) is 65.2 Å². The molecule has 1 heterocycles. The maximum Gasteiger partial charge on any atom is 0.223 e. The summed E-state index contributed by atoms with van der Waals surface area (Å²) in [4.78, 5) is 14.4. The highest BCUT2D eigenvalue weighted by molar-refractivity contribution is 5.77. The molecule has 1 atom stereocenters. The van der Waals surface area contributed by atoms with Crippen molar-refractivity contribution in [3.63, 3.8) is 0 Å². The number of rotatable bonds is 3. The fourth-order valence-corrected chi connectivity index (χ4v) is 3.19. The van der Waals surface area contributed by atoms with Gasteiger partial charge in [0.05, 0.1) is 13.2 Å². The quantitative estimate of drug-likeness (QED) is 0.866. The maximum atomic E-state index is 12.4. The fourth-order valence-electron chi connectivity index (χ4n) is 3.19. The molecule has 0 radical (unpaired) electrons. The Hall–Kier alpha value is -2.29. The van der Waals surface area contributed by atoms with Crippen LogP contribution in [0.2, 0.25) is 0 Å². The van der Waals surface area contributed by atoms with Gasteiger partial charge in [-0.15, -0.1) is 0 Å². The van der Waals surface area contributed by atoms with E-state index in [1.807, 2.05) is 36.1 Å². The van der Waals surface area contributed by atoms with E-state index in [0.29, 0.717) is 6.42 Å². The van der Waals surface area contributed by atoms with Crippen molar-refractivity contribution in [1.29, 1.82) is 0 Å². The molecule has 22 heavy (non-hydrogen) atoms. The molecular formula is C19H21NO2. The third-order valence-electron chi connectivity index (χ3n) is 4.32. The predicted molar refractivity (Wildman–Crippen MR) is 87.0 cm³/mol. The zero-order valence-corrected chi connectivity index (χ0v) is 13.1. The average Bonchev–Trinajstić information content (AvgIpc) is 2.60. The molecule has 0 saturated heterocycles. The van der Waals surface area contributed by atoms with Crippen molar-refractivity contribution < 1.29 is 9.53 Å². The van der Waals surface area contributed by atoms with Crippen LogP contribution < -0.4 is 4.74 Å². The highest BCUT2D eigenvalue weighted by Gasteiger charge is 2.31. The molecule has 1 unspecified atom stereocenters. The van der Waals surface area contributed by atoms with Crippen molar-refractivity contribution in [2.75, 3.05) is 13.7 Å². The van der Waals surface area contributed by atoms with Crippen LogP contribution in [0.15, 0.2) is 48.5 Å². The highest BCUT2D eigenvalue weighted by Crippen LogP contribution is 2.37. The van der Waals surface area contributed by atoms with Crippen molar-refractivity contribution in [2.24, 2.45) is 0 Å². The zero-order valence-electron chi connectivity index (χ0n) is 13.1. The molecule has 1 aliphatic rings. The number of carbonyl (C=O) groups excluding carboxylic acids is 1. The molecule has 3 heteroatoms. The number of nitrogens with zero attached hydrogens (tertiary/aromatic N) is 1. The molecule has 0 aliphatic carbocycles. The number of hydrogen-bond acceptors (Lipinski definition) is 2. The standard InChI is InChI=1S/C19H21NO2/c1-3-18(21)20-12-11-14-9-10-16(22-2)13-17(14)19(20)15-7-5-4-6-8-15/h4-10,13,19H,3,11-12H2,1-2H3. The number of ether oxygens (including phenoxy) is 1. The van der Waals surface area contributed by atoms with Crippen molar-refractivity contribution in [1.82, 2.24) is 4.90 Å². The number of amides is 1. The number of methoxy groups -OCH3 is 1. The van der Waals surface area contributed by atoms with E-state index in [9.17, 15) is 4.79 Å². The van der Waals surface area contributed by atoms with Crippen LogP contribution in [-0.2, 0) is 11.2 Å². The van der Waals surface area contributed by atoms with Gasteiger partial charge in [-0.1, -0.05) is 43.3 Å². The number of benzene rings is 2. The molecule has 0 fully saturated rings. The van der Waals surface area contributed by atoms with E-state index >= 15 is 0 Å². The van der Waals surface area contributed by atoms with Gasteiger partial charge in [0.15, 0.2) is 0 Å². The first-order valence-corrected chi connectivity index (χ1v) is 7.75. The fraction of sp³-hybridized carbons (Fsp3) is 0.316. The summed E-state index contributed by atoms with van der Waals surface area (Å²) >= 11 is 0. The van der Waals surface area contributed by atoms with Gasteiger partial charge < -0.3 is 9.64 Å². The van der Waals surface area contributed by atoms with Crippen LogP contribution in [0.25, 0.3) is 0 Å². The Morgan fingerprint density at radius 2 is 2.00 bits per heavy atom. The minimum atomic E-state index is -0.0208. The van der Waals surface area contributed by atoms with Crippen LogP contribution in [-0.4, -0.2) is 24.5 Å². The molecule has 0 bridgehead atoms. The molecule has 3 rings (SSSR count). The van der Waals surface area contributed by atoms with Crippen molar-refractivity contribution >= 4 is 5.91 Å². The summed E-state index contributed by atoms with van der Waals surface area (Å²) in [5.41, 5.74) is 3.63. The molecule has 0 spiro atoms. The summed E-state index contributed by atoms with van der Waals surface area (Å²) in [5.74, 6) is 1.04. The van der Waals surface area contributed by atoms with E-state index < -0.39 is 0 Å². The van der Waals surface area contributed by atoms with Gasteiger partial charge in [0.1, 0.15) is 5.75 Å². The molecule has 2 aromatic rings. The van der Waals surface area contributed by atoms with E-state index in [-0.39, 0.29) is 11.9 Å². The Labute approximate surface area is 131 Å². The normalized spacial score (nSPS) is 17.0. The number of carbonyl (C=O) groups is 1. The third kappa shape index (κ3) is 2.59. The summed E-state index contributed by atoms with van der Waals surface area (Å²) in [5, 5.41) is 0. The smallest absolute Gasteiger partial charge is 0.223 e. The van der Waals surface area contributed by atoms with Gasteiger partial charge in [0.2, 0.25) is 5.91 Å². The topological polar surface area (TPSA) is 29.5 Å². The Balaban J connectivity index is 2.12. The zero-order chi connectivity index (χ0) is 15.5. The number of fused-ring (bicyclic) bond motifs is 1. The first-order chi connectivity index (χ1) is 10.7. The van der Waals surface area contributed by atoms with E-state index in [1.54, 1.807) is 7.11 Å². The van der Waals surface area contributed by atoms with Crippen LogP contribution in [0.1, 0.15) is 36.1 Å². The highest BCUT2D eigenvalue weighted by atomic mass is 16.5. The average molecular weight is 295 g/mol. The third-order valence-corrected chi connectivity index (χ3v) is 4.32. The second kappa shape index (κ2) is 6.22. The summed E-state index contributed by atoms with van der Waals surface area (Å²) in [6.45, 7) is 2.69. The molecule has 1 amide bonds. The molecule has 2 aromatic carbocycles. The van der Waals surface area contributed by atoms with E-state index in [2.05, 4.69) is 24.3 Å². The Morgan fingerprint density at radius 1 is 1.23 bits per heavy atom. The van der Waals surface area contributed by atoms with Gasteiger partial charge in [-0.05, 0) is 35.2 Å². The van der Waals surface area contributed by atoms with Gasteiger partial charge >= 0.3 is 0 Å². The SMILES string of the molecule is CCC(=O)N1CCc2ccc(OC)cc2C1c1ccccc1. The van der Waals surface area contributed by atoms with Gasteiger partial charge in [0.25, 0.3) is 0 Å². The molecule has 0 aromatic heterocycles. The first-order valence-electron chi connectivity index (χ1n) is 7.75. The summed E-state index contributed by atoms with van der Waals surface area (Å²) in [6, 6.07) is 16.4. The Kier molecular flexibility index (Phi) is 4.14. The second-order valence-corrected chi connectivity index (χ2v) is 5.57. The maximum absolute atomic E-state index is 12.4. The van der Waals surface area contributed by atoms with E-state index in [4.69, 9.17) is 4.74 Å². The van der Waals surface area contributed by atoms with Crippen LogP contribution >= 0.6 is 0 Å². The predicted octanol–water partition coefficient (Wildman–Crippen LogP) is 3.58. The molecule has 1 aliphatic heterocycles. The Bertz CT molecular complexity index is 666. The van der Waals surface area contributed by atoms with Gasteiger partial charge in [-0.25, -0.2) is 0 Å². The van der Waals surface area contributed by atoms with Crippen LogP contribution in [0.5, 0.6) is 5.75 Å². The van der Waals surface area contributed by atoms with Crippen LogP contribution in [0, 0.1) is 0 Å². The summed E-state index contributed by atoms with van der Waals surface area (Å²) in [6.07, 6.45) is 1.43. The van der Waals surface area contributed by atoms with Gasteiger partial charge in [-0.2, -0.15) is 0 Å². The largest absolute Gasteiger partial charge is 0.497 e. The molecule has 114 valence electrons. The second-order valence-electron chi connectivity index (χ2n) is 5.57. The minimum Gasteiger partial charge on any atom is -0.497 e. The van der Waals surface area contributed by atoms with Crippen LogP contribution in [0.3, 0.4) is 0 Å². The van der Waals surface area contributed by atoms with E-state index in [1.165, 1.54) is 11.1 Å². The molecular weight excluding hydrogens is 274 g/mol. The first kappa shape index (κ1) is 14.6. The summed E-state index contributed by atoms with van der Waals surface area (Å²) in [7, 11) is 1.68.